The van der Waals surface area contributed by atoms with Gasteiger partial charge in [0.05, 0.1) is 12.8 Å². The van der Waals surface area contributed by atoms with Gasteiger partial charge < -0.3 is 9.42 Å². The fourth-order valence-corrected chi connectivity index (χ4v) is 3.09. The molecule has 0 amide bonds. The summed E-state index contributed by atoms with van der Waals surface area (Å²) in [5, 5.41) is 5.20. The minimum Gasteiger partial charge on any atom is -0.324 e. The van der Waals surface area contributed by atoms with Gasteiger partial charge in [0.25, 0.3) is 0 Å². The molecule has 1 aromatic carbocycles. The third-order valence-corrected chi connectivity index (χ3v) is 3.96. The van der Waals surface area contributed by atoms with E-state index in [1.165, 1.54) is 0 Å². The van der Waals surface area contributed by atoms with Crippen molar-refractivity contribution in [3.05, 3.63) is 36.0 Å². The van der Waals surface area contributed by atoms with Gasteiger partial charge in [0, 0.05) is 10.9 Å². The van der Waals surface area contributed by atoms with E-state index in [9.17, 15) is 9.46 Å². The first-order valence-corrected chi connectivity index (χ1v) is 7.49. The Morgan fingerprint density at radius 1 is 1.44 bits per heavy atom. The number of benzene rings is 1. The van der Waals surface area contributed by atoms with Gasteiger partial charge in [-0.15, -0.1) is 0 Å². The van der Waals surface area contributed by atoms with Gasteiger partial charge >= 0.3 is 7.60 Å². The van der Waals surface area contributed by atoms with Crippen LogP contribution in [0.3, 0.4) is 0 Å². The third kappa shape index (κ3) is 2.93. The van der Waals surface area contributed by atoms with E-state index in [0.29, 0.717) is 0 Å². The fourth-order valence-electron chi connectivity index (χ4n) is 1.91. The van der Waals surface area contributed by atoms with Crippen LogP contribution in [0.5, 0.6) is 0 Å². The van der Waals surface area contributed by atoms with Crippen molar-refractivity contribution in [1.29, 1.82) is 0 Å². The molecule has 1 heterocycles. The van der Waals surface area contributed by atoms with E-state index >= 15 is 0 Å². The second-order valence-corrected chi connectivity index (χ2v) is 5.91. The summed E-state index contributed by atoms with van der Waals surface area (Å²) < 4.78 is 18.4. The van der Waals surface area contributed by atoms with Crippen molar-refractivity contribution in [3.63, 3.8) is 0 Å². The molecule has 6 heteroatoms. The molecular formula is C12H16N2O3P+. The van der Waals surface area contributed by atoms with Crippen LogP contribution in [0.2, 0.25) is 0 Å². The average Bonchev–Trinajstić information content (AvgIpc) is 2.28. The molecule has 96 valence electrons. The van der Waals surface area contributed by atoms with Crippen LogP contribution in [0.4, 0.5) is 0 Å². The van der Waals surface area contributed by atoms with Crippen LogP contribution in [0, 0.1) is 0 Å². The summed E-state index contributed by atoms with van der Waals surface area (Å²) in [5.74, 6) is 0. The first-order chi connectivity index (χ1) is 8.52. The lowest BCUT2D eigenvalue weighted by Gasteiger charge is -2.10. The molecule has 0 aliphatic heterocycles. The fraction of sp³-hybridized carbons (Fsp3) is 0.333. The van der Waals surface area contributed by atoms with Crippen LogP contribution in [0.25, 0.3) is 10.9 Å². The molecule has 0 bridgehead atoms. The summed E-state index contributed by atoms with van der Waals surface area (Å²) >= 11 is 0. The lowest BCUT2D eigenvalue weighted by molar-refractivity contribution is -0.728. The summed E-state index contributed by atoms with van der Waals surface area (Å²) in [6, 6.07) is 7.54. The van der Waals surface area contributed by atoms with Gasteiger partial charge in [0.2, 0.25) is 0 Å². The van der Waals surface area contributed by atoms with E-state index in [1.54, 1.807) is 24.9 Å². The Bertz CT molecular complexity index is 615. The molecule has 2 rings (SSSR count). The number of fused-ring (bicyclic) bond motifs is 1. The summed E-state index contributed by atoms with van der Waals surface area (Å²) in [7, 11) is -1.79. The summed E-state index contributed by atoms with van der Waals surface area (Å²) in [6.07, 6.45) is 1.75. The van der Waals surface area contributed by atoms with Crippen molar-refractivity contribution >= 4 is 18.5 Å². The molecule has 18 heavy (non-hydrogen) atoms. The molecule has 0 fully saturated rings. The van der Waals surface area contributed by atoms with Gasteiger partial charge in [0.15, 0.2) is 13.2 Å². The molecule has 1 atom stereocenters. The molecule has 2 aromatic rings. The predicted octanol–water partition coefficient (Wildman–Crippen LogP) is 1.78. The second kappa shape index (κ2) is 5.14. The highest BCUT2D eigenvalue weighted by Crippen LogP contribution is 2.46. The summed E-state index contributed by atoms with van der Waals surface area (Å²) in [5.41, 5.74) is 1.57. The predicted molar refractivity (Wildman–Crippen MR) is 68.1 cm³/mol. The first kappa shape index (κ1) is 13.1. The SMILES string of the molecule is CCOP(=O)(O)Cc1c[n+](C)nc2ccccc12. The van der Waals surface area contributed by atoms with Crippen LogP contribution < -0.4 is 4.68 Å². The maximum Gasteiger partial charge on any atom is 0.332 e. The Labute approximate surface area is 106 Å². The number of rotatable bonds is 4. The molecule has 0 saturated heterocycles. The van der Waals surface area contributed by atoms with E-state index in [1.807, 2.05) is 24.3 Å². The quantitative estimate of drug-likeness (QED) is 0.677. The minimum atomic E-state index is -3.58. The topological polar surface area (TPSA) is 63.3 Å². The van der Waals surface area contributed by atoms with E-state index in [0.717, 1.165) is 16.5 Å². The van der Waals surface area contributed by atoms with Crippen LogP contribution in [0.15, 0.2) is 30.5 Å². The van der Waals surface area contributed by atoms with Crippen molar-refractivity contribution in [2.75, 3.05) is 6.61 Å². The van der Waals surface area contributed by atoms with Crippen molar-refractivity contribution in [2.45, 2.75) is 13.1 Å². The van der Waals surface area contributed by atoms with Gasteiger partial charge in [0.1, 0.15) is 5.52 Å². The highest BCUT2D eigenvalue weighted by atomic mass is 31.2. The molecule has 0 spiro atoms. The van der Waals surface area contributed by atoms with Crippen molar-refractivity contribution in [1.82, 2.24) is 5.10 Å². The van der Waals surface area contributed by atoms with Gasteiger partial charge in [-0.2, -0.15) is 0 Å². The zero-order valence-corrected chi connectivity index (χ0v) is 11.3. The standard InChI is InChI=1S/C12H15N2O3P/c1-3-17-18(15,16)9-10-8-14(2)13-12-7-5-4-6-11(10)12/h4-8H,3,9H2,1-2H3/p+1. The molecule has 1 unspecified atom stereocenters. The van der Waals surface area contributed by atoms with Crippen LogP contribution in [-0.4, -0.2) is 16.6 Å². The van der Waals surface area contributed by atoms with Crippen LogP contribution in [-0.2, 0) is 22.3 Å². The Kier molecular flexibility index (Phi) is 3.76. The largest absolute Gasteiger partial charge is 0.332 e. The van der Waals surface area contributed by atoms with Gasteiger partial charge in [-0.1, -0.05) is 22.9 Å². The average molecular weight is 267 g/mol. The Morgan fingerprint density at radius 3 is 2.89 bits per heavy atom. The molecule has 0 aliphatic carbocycles. The highest BCUT2D eigenvalue weighted by Gasteiger charge is 2.23. The Hall–Kier alpha value is -1.29. The number of aromatic nitrogens is 2. The van der Waals surface area contributed by atoms with Crippen LogP contribution >= 0.6 is 7.60 Å². The number of aryl methyl sites for hydroxylation is 1. The van der Waals surface area contributed by atoms with E-state index in [2.05, 4.69) is 5.10 Å². The van der Waals surface area contributed by atoms with Crippen LogP contribution in [0.1, 0.15) is 12.5 Å². The zero-order valence-electron chi connectivity index (χ0n) is 10.4. The monoisotopic (exact) mass is 267 g/mol. The molecular weight excluding hydrogens is 251 g/mol. The maximum atomic E-state index is 11.8. The first-order valence-electron chi connectivity index (χ1n) is 5.73. The van der Waals surface area contributed by atoms with Gasteiger partial charge in [-0.25, -0.2) is 0 Å². The molecule has 1 aromatic heterocycles. The summed E-state index contributed by atoms with van der Waals surface area (Å²) in [6.45, 7) is 1.93. The zero-order chi connectivity index (χ0) is 13.2. The Morgan fingerprint density at radius 2 is 2.17 bits per heavy atom. The highest BCUT2D eigenvalue weighted by molar-refractivity contribution is 7.51. The number of nitrogens with zero attached hydrogens (tertiary/aromatic N) is 2. The van der Waals surface area contributed by atoms with E-state index in [4.69, 9.17) is 4.52 Å². The molecule has 0 radical (unpaired) electrons. The van der Waals surface area contributed by atoms with Crippen molar-refractivity contribution in [3.8, 4) is 0 Å². The lowest BCUT2D eigenvalue weighted by Crippen LogP contribution is -2.33. The van der Waals surface area contributed by atoms with Crippen molar-refractivity contribution in [2.24, 2.45) is 7.05 Å². The smallest absolute Gasteiger partial charge is 0.324 e. The van der Waals surface area contributed by atoms with E-state index < -0.39 is 7.60 Å². The maximum absolute atomic E-state index is 11.8. The van der Waals surface area contributed by atoms with Gasteiger partial charge in [-0.05, 0) is 18.1 Å². The molecule has 0 saturated carbocycles. The molecule has 0 aliphatic rings. The van der Waals surface area contributed by atoms with E-state index in [-0.39, 0.29) is 12.8 Å². The molecule has 1 N–H and O–H groups in total. The lowest BCUT2D eigenvalue weighted by atomic mass is 10.1. The molecule has 5 nitrogen and oxygen atoms in total. The van der Waals surface area contributed by atoms with Gasteiger partial charge in [-0.3, -0.25) is 4.57 Å². The minimum absolute atomic E-state index is 0.00227. The van der Waals surface area contributed by atoms with Crippen molar-refractivity contribution < 1.29 is 18.7 Å². The second-order valence-electron chi connectivity index (χ2n) is 4.06. The number of hydrogen-bond donors (Lipinski definition) is 1. The summed E-state index contributed by atoms with van der Waals surface area (Å²) in [4.78, 5) is 9.72. The normalized spacial score (nSPS) is 14.6. The Balaban J connectivity index is 2.47. The number of hydrogen-bond acceptors (Lipinski definition) is 3. The third-order valence-electron chi connectivity index (χ3n) is 2.56.